The number of halogens is 2. The van der Waals surface area contributed by atoms with Crippen molar-refractivity contribution in [3.8, 4) is 5.75 Å². The van der Waals surface area contributed by atoms with Crippen LogP contribution in [0.2, 0.25) is 10.0 Å². The Morgan fingerprint density at radius 2 is 2.14 bits per heavy atom. The second-order valence-electron chi connectivity index (χ2n) is 2.91. The zero-order valence-electron chi connectivity index (χ0n) is 8.02. The van der Waals surface area contributed by atoms with Crippen LogP contribution in [-0.4, -0.2) is 7.11 Å². The van der Waals surface area contributed by atoms with E-state index in [-0.39, 0.29) is 0 Å². The molecule has 0 saturated carbocycles. The summed E-state index contributed by atoms with van der Waals surface area (Å²) >= 11 is 11.9. The molecule has 1 rings (SSSR count). The average molecular weight is 231 g/mol. The van der Waals surface area contributed by atoms with Crippen molar-refractivity contribution >= 4 is 23.2 Å². The SMILES string of the molecule is C=CCCc1cc(Cl)cc(Cl)c1OC. The minimum atomic E-state index is 0.555. The summed E-state index contributed by atoms with van der Waals surface area (Å²) in [6.07, 6.45) is 3.58. The molecule has 76 valence electrons. The molecule has 0 atom stereocenters. The van der Waals surface area contributed by atoms with E-state index in [0.29, 0.717) is 15.8 Å². The van der Waals surface area contributed by atoms with Gasteiger partial charge in [-0.15, -0.1) is 6.58 Å². The molecule has 0 aromatic heterocycles. The second kappa shape index (κ2) is 5.28. The van der Waals surface area contributed by atoms with Gasteiger partial charge < -0.3 is 4.74 Å². The Labute approximate surface area is 94.3 Å². The fourth-order valence-electron chi connectivity index (χ4n) is 1.29. The van der Waals surface area contributed by atoms with E-state index in [1.54, 1.807) is 13.2 Å². The van der Waals surface area contributed by atoms with Crippen molar-refractivity contribution in [2.24, 2.45) is 0 Å². The molecule has 0 aliphatic rings. The van der Waals surface area contributed by atoms with Gasteiger partial charge in [-0.2, -0.15) is 0 Å². The Bertz CT molecular complexity index is 334. The van der Waals surface area contributed by atoms with Crippen LogP contribution in [0, 0.1) is 0 Å². The van der Waals surface area contributed by atoms with Gasteiger partial charge in [-0.05, 0) is 30.5 Å². The molecule has 0 saturated heterocycles. The fraction of sp³-hybridized carbons (Fsp3) is 0.273. The zero-order chi connectivity index (χ0) is 10.6. The Morgan fingerprint density at radius 1 is 1.43 bits per heavy atom. The third-order valence-electron chi connectivity index (χ3n) is 1.91. The van der Waals surface area contributed by atoms with Crippen LogP contribution in [0.25, 0.3) is 0 Å². The van der Waals surface area contributed by atoms with Crippen LogP contribution >= 0.6 is 23.2 Å². The lowest BCUT2D eigenvalue weighted by Crippen LogP contribution is -1.93. The van der Waals surface area contributed by atoms with Gasteiger partial charge in [-0.25, -0.2) is 0 Å². The summed E-state index contributed by atoms with van der Waals surface area (Å²) in [6.45, 7) is 3.67. The Morgan fingerprint density at radius 3 is 2.71 bits per heavy atom. The summed E-state index contributed by atoms with van der Waals surface area (Å²) < 4.78 is 5.20. The number of aryl methyl sites for hydroxylation is 1. The number of hydrogen-bond donors (Lipinski definition) is 0. The van der Waals surface area contributed by atoms with Crippen LogP contribution in [0.4, 0.5) is 0 Å². The fourth-order valence-corrected chi connectivity index (χ4v) is 1.90. The summed E-state index contributed by atoms with van der Waals surface area (Å²) in [7, 11) is 1.60. The molecular formula is C11H12Cl2O. The molecule has 0 amide bonds. The third kappa shape index (κ3) is 2.66. The Balaban J connectivity index is 3.04. The van der Waals surface area contributed by atoms with Gasteiger partial charge in [0.25, 0.3) is 0 Å². The van der Waals surface area contributed by atoms with E-state index >= 15 is 0 Å². The summed E-state index contributed by atoms with van der Waals surface area (Å²) in [5.74, 6) is 0.706. The molecule has 1 aromatic carbocycles. The van der Waals surface area contributed by atoms with Gasteiger partial charge in [0.05, 0.1) is 12.1 Å². The highest BCUT2D eigenvalue weighted by atomic mass is 35.5. The van der Waals surface area contributed by atoms with E-state index in [1.807, 2.05) is 12.1 Å². The number of hydrogen-bond acceptors (Lipinski definition) is 1. The van der Waals surface area contributed by atoms with Crippen LogP contribution in [0.5, 0.6) is 5.75 Å². The quantitative estimate of drug-likeness (QED) is 0.708. The van der Waals surface area contributed by atoms with Crippen molar-refractivity contribution in [3.63, 3.8) is 0 Å². The summed E-state index contributed by atoms with van der Waals surface area (Å²) in [5, 5.41) is 1.19. The first-order chi connectivity index (χ1) is 6.69. The Hall–Kier alpha value is -0.660. The minimum absolute atomic E-state index is 0.555. The van der Waals surface area contributed by atoms with Gasteiger partial charge in [0, 0.05) is 5.02 Å². The van der Waals surface area contributed by atoms with Gasteiger partial charge in [0.15, 0.2) is 0 Å². The molecule has 0 bridgehead atoms. The van der Waals surface area contributed by atoms with E-state index in [2.05, 4.69) is 6.58 Å². The minimum Gasteiger partial charge on any atom is -0.495 e. The molecule has 1 aromatic rings. The molecule has 0 unspecified atom stereocenters. The topological polar surface area (TPSA) is 9.23 Å². The highest BCUT2D eigenvalue weighted by Crippen LogP contribution is 2.32. The van der Waals surface area contributed by atoms with Gasteiger partial charge in [-0.1, -0.05) is 29.3 Å². The van der Waals surface area contributed by atoms with Gasteiger partial charge in [0.1, 0.15) is 5.75 Å². The maximum absolute atomic E-state index is 5.98. The normalized spacial score (nSPS) is 9.93. The lowest BCUT2D eigenvalue weighted by molar-refractivity contribution is 0.410. The second-order valence-corrected chi connectivity index (χ2v) is 3.75. The first-order valence-electron chi connectivity index (χ1n) is 4.32. The molecule has 0 N–H and O–H groups in total. The number of rotatable bonds is 4. The summed E-state index contributed by atoms with van der Waals surface area (Å²) in [6, 6.07) is 3.55. The van der Waals surface area contributed by atoms with Crippen molar-refractivity contribution in [2.45, 2.75) is 12.8 Å². The molecule has 1 nitrogen and oxygen atoms in total. The van der Waals surface area contributed by atoms with E-state index in [1.165, 1.54) is 0 Å². The predicted molar refractivity (Wildman–Crippen MR) is 61.5 cm³/mol. The zero-order valence-corrected chi connectivity index (χ0v) is 9.53. The van der Waals surface area contributed by atoms with Crippen molar-refractivity contribution in [2.75, 3.05) is 7.11 Å². The number of allylic oxidation sites excluding steroid dienone is 1. The van der Waals surface area contributed by atoms with Crippen molar-refractivity contribution in [3.05, 3.63) is 40.4 Å². The maximum Gasteiger partial charge on any atom is 0.140 e. The van der Waals surface area contributed by atoms with Gasteiger partial charge in [-0.3, -0.25) is 0 Å². The van der Waals surface area contributed by atoms with Crippen molar-refractivity contribution in [1.82, 2.24) is 0 Å². The van der Waals surface area contributed by atoms with E-state index in [0.717, 1.165) is 18.4 Å². The third-order valence-corrected chi connectivity index (χ3v) is 2.41. The molecule has 0 spiro atoms. The standard InChI is InChI=1S/C11H12Cl2O/c1-3-4-5-8-6-9(12)7-10(13)11(8)14-2/h3,6-7H,1,4-5H2,2H3. The lowest BCUT2D eigenvalue weighted by atomic mass is 10.1. The molecule has 0 radical (unpaired) electrons. The van der Waals surface area contributed by atoms with Gasteiger partial charge in [0.2, 0.25) is 0 Å². The molecule has 0 aliphatic heterocycles. The molecule has 0 aliphatic carbocycles. The van der Waals surface area contributed by atoms with Crippen LogP contribution in [0.1, 0.15) is 12.0 Å². The van der Waals surface area contributed by atoms with E-state index < -0.39 is 0 Å². The van der Waals surface area contributed by atoms with Crippen molar-refractivity contribution in [1.29, 1.82) is 0 Å². The lowest BCUT2D eigenvalue weighted by Gasteiger charge is -2.09. The first-order valence-corrected chi connectivity index (χ1v) is 5.07. The molecule has 0 fully saturated rings. The first kappa shape index (κ1) is 11.4. The van der Waals surface area contributed by atoms with Crippen molar-refractivity contribution < 1.29 is 4.74 Å². The molecule has 0 heterocycles. The smallest absolute Gasteiger partial charge is 0.140 e. The molecule has 3 heteroatoms. The maximum atomic E-state index is 5.98. The highest BCUT2D eigenvalue weighted by Gasteiger charge is 2.08. The number of methoxy groups -OCH3 is 1. The van der Waals surface area contributed by atoms with Crippen LogP contribution in [0.3, 0.4) is 0 Å². The molecular weight excluding hydrogens is 219 g/mol. The number of ether oxygens (including phenoxy) is 1. The van der Waals surface area contributed by atoms with Gasteiger partial charge >= 0.3 is 0 Å². The van der Waals surface area contributed by atoms with E-state index in [9.17, 15) is 0 Å². The number of benzene rings is 1. The van der Waals surface area contributed by atoms with Crippen LogP contribution in [0.15, 0.2) is 24.8 Å². The highest BCUT2D eigenvalue weighted by molar-refractivity contribution is 6.35. The summed E-state index contributed by atoms with van der Waals surface area (Å²) in [4.78, 5) is 0. The largest absolute Gasteiger partial charge is 0.495 e. The van der Waals surface area contributed by atoms with E-state index in [4.69, 9.17) is 27.9 Å². The van der Waals surface area contributed by atoms with Crippen LogP contribution < -0.4 is 4.74 Å². The Kier molecular flexibility index (Phi) is 4.30. The average Bonchev–Trinajstić information content (AvgIpc) is 2.14. The monoisotopic (exact) mass is 230 g/mol. The molecule has 14 heavy (non-hydrogen) atoms. The predicted octanol–water partition coefficient (Wildman–Crippen LogP) is 4.12. The summed E-state index contributed by atoms with van der Waals surface area (Å²) in [5.41, 5.74) is 1.02. The van der Waals surface area contributed by atoms with Crippen LogP contribution in [-0.2, 0) is 6.42 Å².